The molecule has 6 rings (SSSR count). The van der Waals surface area contributed by atoms with Crippen LogP contribution in [0.3, 0.4) is 0 Å². The van der Waals surface area contributed by atoms with Gasteiger partial charge in [-0.25, -0.2) is 4.79 Å². The van der Waals surface area contributed by atoms with Gasteiger partial charge in [0.2, 0.25) is 5.91 Å². The highest BCUT2D eigenvalue weighted by molar-refractivity contribution is 5.91. The molecule has 37 heavy (non-hydrogen) atoms. The molecule has 0 radical (unpaired) electrons. The van der Waals surface area contributed by atoms with Crippen LogP contribution >= 0.6 is 0 Å². The number of carboxylic acid groups (broad SMARTS) is 1. The van der Waals surface area contributed by atoms with E-state index in [1.54, 1.807) is 0 Å². The third-order valence-electron chi connectivity index (χ3n) is 8.47. The Labute approximate surface area is 217 Å². The van der Waals surface area contributed by atoms with E-state index in [4.69, 9.17) is 4.74 Å². The number of benzene rings is 2. The van der Waals surface area contributed by atoms with Gasteiger partial charge in [0.1, 0.15) is 6.10 Å². The SMILES string of the molecule is O=C(O)CCC(=O)N(C1CC1)C1c2ccccc2N(C(=O)OC(c2ccccc2)C2CC2)C2CCCC21. The quantitative estimate of drug-likeness (QED) is 0.489. The van der Waals surface area contributed by atoms with E-state index in [1.807, 2.05) is 64.4 Å². The van der Waals surface area contributed by atoms with Crippen molar-refractivity contribution in [2.24, 2.45) is 11.8 Å². The standard InChI is InChI=1S/C30H34N2O5/c33-26(17-18-27(34)35)31(21-15-16-21)28-22-9-4-5-11-24(22)32(25-12-6-10-23(25)28)30(36)37-29(20-13-14-20)19-7-2-1-3-8-19/h1-5,7-9,11,20-21,23,25,28-29H,6,10,12-18H2,(H,34,35). The van der Waals surface area contributed by atoms with Crippen LogP contribution in [-0.2, 0) is 14.3 Å². The molecule has 1 heterocycles. The van der Waals surface area contributed by atoms with Crippen molar-refractivity contribution in [2.75, 3.05) is 4.90 Å². The summed E-state index contributed by atoms with van der Waals surface area (Å²) in [5.74, 6) is -0.586. The molecule has 0 saturated heterocycles. The van der Waals surface area contributed by atoms with Gasteiger partial charge in [0.25, 0.3) is 0 Å². The molecule has 0 aromatic heterocycles. The third-order valence-corrected chi connectivity index (χ3v) is 8.47. The highest BCUT2D eigenvalue weighted by Gasteiger charge is 2.52. The molecule has 3 fully saturated rings. The van der Waals surface area contributed by atoms with Crippen LogP contribution in [-0.4, -0.2) is 40.1 Å². The highest BCUT2D eigenvalue weighted by Crippen LogP contribution is 2.53. The Morgan fingerprint density at radius 2 is 1.65 bits per heavy atom. The number of carbonyl (C=O) groups is 3. The van der Waals surface area contributed by atoms with Gasteiger partial charge in [-0.15, -0.1) is 0 Å². The number of para-hydroxylation sites is 1. The topological polar surface area (TPSA) is 87.2 Å². The van der Waals surface area contributed by atoms with Crippen molar-refractivity contribution in [3.8, 4) is 0 Å². The smallest absolute Gasteiger partial charge is 0.415 e. The Morgan fingerprint density at radius 1 is 0.919 bits per heavy atom. The Morgan fingerprint density at radius 3 is 2.35 bits per heavy atom. The van der Waals surface area contributed by atoms with Crippen LogP contribution < -0.4 is 4.90 Å². The number of aliphatic carboxylic acids is 1. The molecule has 0 spiro atoms. The van der Waals surface area contributed by atoms with Crippen LogP contribution in [0.1, 0.15) is 81.1 Å². The summed E-state index contributed by atoms with van der Waals surface area (Å²) in [5.41, 5.74) is 2.83. The molecule has 1 N–H and O–H groups in total. The van der Waals surface area contributed by atoms with Crippen LogP contribution in [0.15, 0.2) is 54.6 Å². The van der Waals surface area contributed by atoms with Crippen molar-refractivity contribution >= 4 is 23.7 Å². The number of ether oxygens (including phenoxy) is 1. The summed E-state index contributed by atoms with van der Waals surface area (Å²) in [6, 6.07) is 17.9. The summed E-state index contributed by atoms with van der Waals surface area (Å²) < 4.78 is 6.27. The number of fused-ring (bicyclic) bond motifs is 2. The predicted molar refractivity (Wildman–Crippen MR) is 138 cm³/mol. The van der Waals surface area contributed by atoms with Gasteiger partial charge < -0.3 is 14.7 Å². The fraction of sp³-hybridized carbons (Fsp3) is 0.500. The summed E-state index contributed by atoms with van der Waals surface area (Å²) >= 11 is 0. The Bertz CT molecular complexity index is 1180. The van der Waals surface area contributed by atoms with E-state index in [9.17, 15) is 19.5 Å². The van der Waals surface area contributed by atoms with E-state index >= 15 is 0 Å². The second-order valence-corrected chi connectivity index (χ2v) is 11.0. The zero-order chi connectivity index (χ0) is 25.5. The maximum atomic E-state index is 13.9. The molecule has 3 saturated carbocycles. The summed E-state index contributed by atoms with van der Waals surface area (Å²) in [6.07, 6.45) is 6.08. The summed E-state index contributed by atoms with van der Waals surface area (Å²) in [7, 11) is 0. The van der Waals surface area contributed by atoms with Crippen LogP contribution in [0.5, 0.6) is 0 Å². The van der Waals surface area contributed by atoms with E-state index in [0.717, 1.165) is 61.8 Å². The van der Waals surface area contributed by atoms with Crippen molar-refractivity contribution in [2.45, 2.75) is 82.0 Å². The second kappa shape index (κ2) is 9.84. The van der Waals surface area contributed by atoms with Gasteiger partial charge in [-0.05, 0) is 55.7 Å². The summed E-state index contributed by atoms with van der Waals surface area (Å²) in [4.78, 5) is 42.3. The van der Waals surface area contributed by atoms with E-state index in [1.165, 1.54) is 0 Å². The van der Waals surface area contributed by atoms with Crippen LogP contribution in [0.2, 0.25) is 0 Å². The fourth-order valence-electron chi connectivity index (χ4n) is 6.54. The number of carboxylic acids is 1. The summed E-state index contributed by atoms with van der Waals surface area (Å²) in [6.45, 7) is 0. The van der Waals surface area contributed by atoms with Crippen molar-refractivity contribution in [3.05, 3.63) is 65.7 Å². The molecule has 194 valence electrons. The third kappa shape index (κ3) is 4.72. The van der Waals surface area contributed by atoms with Gasteiger partial charge in [0.15, 0.2) is 0 Å². The Hall–Kier alpha value is -3.35. The van der Waals surface area contributed by atoms with Gasteiger partial charge in [-0.3, -0.25) is 14.5 Å². The number of carbonyl (C=O) groups excluding carboxylic acids is 2. The van der Waals surface area contributed by atoms with E-state index < -0.39 is 5.97 Å². The van der Waals surface area contributed by atoms with Crippen LogP contribution in [0.25, 0.3) is 0 Å². The highest BCUT2D eigenvalue weighted by atomic mass is 16.6. The molecule has 1 aliphatic heterocycles. The average molecular weight is 503 g/mol. The number of anilines is 1. The number of nitrogens with zero attached hydrogens (tertiary/aromatic N) is 2. The van der Waals surface area contributed by atoms with Gasteiger partial charge >= 0.3 is 12.1 Å². The first-order valence-corrected chi connectivity index (χ1v) is 13.7. The minimum Gasteiger partial charge on any atom is -0.481 e. The molecule has 2 amide bonds. The second-order valence-electron chi connectivity index (χ2n) is 11.0. The van der Waals surface area contributed by atoms with E-state index in [-0.39, 0.29) is 55.0 Å². The lowest BCUT2D eigenvalue weighted by Crippen LogP contribution is -2.53. The van der Waals surface area contributed by atoms with Crippen LogP contribution in [0, 0.1) is 11.8 Å². The molecule has 7 heteroatoms. The van der Waals surface area contributed by atoms with Gasteiger partial charge in [0, 0.05) is 30.3 Å². The van der Waals surface area contributed by atoms with Gasteiger partial charge in [0.05, 0.1) is 18.2 Å². The fourth-order valence-corrected chi connectivity index (χ4v) is 6.54. The van der Waals surface area contributed by atoms with Crippen molar-refractivity contribution in [1.29, 1.82) is 0 Å². The predicted octanol–water partition coefficient (Wildman–Crippen LogP) is 5.86. The maximum absolute atomic E-state index is 13.9. The molecule has 2 aromatic carbocycles. The lowest BCUT2D eigenvalue weighted by molar-refractivity contribution is -0.142. The lowest BCUT2D eigenvalue weighted by Gasteiger charge is -2.47. The van der Waals surface area contributed by atoms with Crippen molar-refractivity contribution in [3.63, 3.8) is 0 Å². The average Bonchev–Trinajstić information content (AvgIpc) is 3.85. The molecule has 2 aromatic rings. The molecule has 4 atom stereocenters. The van der Waals surface area contributed by atoms with Crippen molar-refractivity contribution in [1.82, 2.24) is 4.90 Å². The Kier molecular flexibility index (Phi) is 6.39. The molecule has 7 nitrogen and oxygen atoms in total. The number of hydrogen-bond donors (Lipinski definition) is 1. The zero-order valence-electron chi connectivity index (χ0n) is 21.0. The molecule has 3 aliphatic carbocycles. The van der Waals surface area contributed by atoms with E-state index in [0.29, 0.717) is 5.92 Å². The monoisotopic (exact) mass is 502 g/mol. The largest absolute Gasteiger partial charge is 0.481 e. The van der Waals surface area contributed by atoms with E-state index in [2.05, 4.69) is 0 Å². The van der Waals surface area contributed by atoms with Gasteiger partial charge in [-0.1, -0.05) is 55.0 Å². The zero-order valence-corrected chi connectivity index (χ0v) is 21.0. The normalized spacial score (nSPS) is 25.1. The molecule has 0 bridgehead atoms. The molecule has 4 unspecified atom stereocenters. The first-order chi connectivity index (χ1) is 18.0. The van der Waals surface area contributed by atoms with Crippen molar-refractivity contribution < 1.29 is 24.2 Å². The first-order valence-electron chi connectivity index (χ1n) is 13.7. The number of rotatable bonds is 8. The minimum atomic E-state index is -0.954. The molecular formula is C30H34N2O5. The molecule has 4 aliphatic rings. The number of hydrogen-bond acceptors (Lipinski definition) is 4. The molecular weight excluding hydrogens is 468 g/mol. The Balaban J connectivity index is 1.33. The maximum Gasteiger partial charge on any atom is 0.415 e. The lowest BCUT2D eigenvalue weighted by atomic mass is 9.81. The minimum absolute atomic E-state index is 0.00773. The summed E-state index contributed by atoms with van der Waals surface area (Å²) in [5, 5.41) is 9.18. The number of amides is 2. The van der Waals surface area contributed by atoms with Crippen LogP contribution in [0.4, 0.5) is 10.5 Å². The first kappa shape index (κ1) is 24.0. The van der Waals surface area contributed by atoms with Gasteiger partial charge in [-0.2, -0.15) is 0 Å².